The van der Waals surface area contributed by atoms with Gasteiger partial charge in [-0.2, -0.15) is 13.2 Å². The van der Waals surface area contributed by atoms with Crippen molar-refractivity contribution < 1.29 is 17.9 Å². The van der Waals surface area contributed by atoms with Gasteiger partial charge in [0.15, 0.2) is 6.10 Å². The van der Waals surface area contributed by atoms with E-state index in [0.717, 1.165) is 0 Å². The highest BCUT2D eigenvalue weighted by Crippen LogP contribution is 2.28. The van der Waals surface area contributed by atoms with E-state index in [2.05, 4.69) is 9.73 Å². The molecule has 0 bridgehead atoms. The van der Waals surface area contributed by atoms with Crippen LogP contribution in [-0.2, 0) is 4.74 Å². The molecule has 0 saturated carbocycles. The van der Waals surface area contributed by atoms with Crippen LogP contribution in [0, 0.1) is 0 Å². The molecule has 2 atom stereocenters. The Hall–Kier alpha value is -0.940. The number of amidine groups is 1. The van der Waals surface area contributed by atoms with Crippen LogP contribution < -0.4 is 5.73 Å². The summed E-state index contributed by atoms with van der Waals surface area (Å²) in [6.45, 7) is 1.56. The predicted molar refractivity (Wildman–Crippen MR) is 36.6 cm³/mol. The van der Waals surface area contributed by atoms with Crippen LogP contribution in [0.4, 0.5) is 13.2 Å². The number of ether oxygens (including phenoxy) is 1. The van der Waals surface area contributed by atoms with Crippen molar-refractivity contribution in [1.82, 2.24) is 0 Å². The third-order valence-electron chi connectivity index (χ3n) is 1.53. The summed E-state index contributed by atoms with van der Waals surface area (Å²) in [5.74, 6) is 0. The average Bonchev–Trinajstić information content (AvgIpc) is 1.82. The molecule has 0 radical (unpaired) electrons. The summed E-state index contributed by atoms with van der Waals surface area (Å²) < 4.78 is 40.5. The van der Waals surface area contributed by atoms with Crippen molar-refractivity contribution in [2.75, 3.05) is 0 Å². The van der Waals surface area contributed by atoms with E-state index in [1.807, 2.05) is 0 Å². The summed E-state index contributed by atoms with van der Waals surface area (Å²) in [5, 5.41) is 0. The van der Waals surface area contributed by atoms with Crippen molar-refractivity contribution in [2.24, 2.45) is 10.7 Å². The summed E-state index contributed by atoms with van der Waals surface area (Å²) in [4.78, 5) is 3.62. The molecule has 0 aromatic carbocycles. The quantitative estimate of drug-likeness (QED) is 0.608. The minimum Gasteiger partial charge on any atom is -0.452 e. The molecular weight excluding hydrogens is 173 g/mol. The first-order chi connectivity index (χ1) is 5.39. The maximum Gasteiger partial charge on any atom is 0.425 e. The molecule has 0 aromatic rings. The van der Waals surface area contributed by atoms with Gasteiger partial charge in [-0.25, -0.2) is 4.99 Å². The second kappa shape index (κ2) is 2.84. The Labute approximate surface area is 67.4 Å². The summed E-state index contributed by atoms with van der Waals surface area (Å²) in [5.41, 5.74) is 5.04. The minimum absolute atomic E-state index is 0.163. The Morgan fingerprint density at radius 1 is 1.58 bits per heavy atom. The Morgan fingerprint density at radius 2 is 2.17 bits per heavy atom. The number of nitrogens with two attached hydrogens (primary N) is 1. The lowest BCUT2D eigenvalue weighted by molar-refractivity contribution is -0.204. The van der Waals surface area contributed by atoms with Crippen molar-refractivity contribution in [3.05, 3.63) is 0 Å². The van der Waals surface area contributed by atoms with E-state index < -0.39 is 18.3 Å². The highest BCUT2D eigenvalue weighted by atomic mass is 19.4. The van der Waals surface area contributed by atoms with Crippen molar-refractivity contribution in [3.63, 3.8) is 0 Å². The van der Waals surface area contributed by atoms with Gasteiger partial charge in [0, 0.05) is 6.42 Å². The Balaban J connectivity index is 2.68. The van der Waals surface area contributed by atoms with Crippen molar-refractivity contribution in [1.29, 1.82) is 0 Å². The van der Waals surface area contributed by atoms with E-state index in [9.17, 15) is 13.2 Å². The standard InChI is InChI=1S/C6H9F3N2O/c1-3-2-4(6(7,8)9)12-5(10)11-3/h3-4H,2H2,1H3,(H2,10,11)/t3-,4-/m0/s1. The summed E-state index contributed by atoms with van der Waals surface area (Å²) in [6, 6.07) is -0.804. The summed E-state index contributed by atoms with van der Waals surface area (Å²) in [7, 11) is 0. The lowest BCUT2D eigenvalue weighted by atomic mass is 10.1. The largest absolute Gasteiger partial charge is 0.452 e. The van der Waals surface area contributed by atoms with E-state index in [-0.39, 0.29) is 12.4 Å². The molecule has 2 N–H and O–H groups in total. The van der Waals surface area contributed by atoms with Gasteiger partial charge in [-0.1, -0.05) is 0 Å². The third-order valence-corrected chi connectivity index (χ3v) is 1.53. The molecule has 0 fully saturated rings. The molecule has 12 heavy (non-hydrogen) atoms. The van der Waals surface area contributed by atoms with Gasteiger partial charge in [0.25, 0.3) is 6.02 Å². The number of alkyl halides is 3. The van der Waals surface area contributed by atoms with Crippen LogP contribution in [0.3, 0.4) is 0 Å². The zero-order valence-corrected chi connectivity index (χ0v) is 6.43. The van der Waals surface area contributed by atoms with Crippen molar-refractivity contribution >= 4 is 6.02 Å². The first-order valence-corrected chi connectivity index (χ1v) is 3.46. The SMILES string of the molecule is C[C@H]1C[C@@H](C(F)(F)F)OC(N)=N1. The molecule has 0 saturated heterocycles. The molecular formula is C6H9F3N2O. The fraction of sp³-hybridized carbons (Fsp3) is 0.833. The lowest BCUT2D eigenvalue weighted by Gasteiger charge is -2.26. The van der Waals surface area contributed by atoms with Gasteiger partial charge in [0.1, 0.15) is 0 Å². The van der Waals surface area contributed by atoms with Crippen LogP contribution in [0.5, 0.6) is 0 Å². The molecule has 3 nitrogen and oxygen atoms in total. The van der Waals surface area contributed by atoms with Gasteiger partial charge in [-0.3, -0.25) is 0 Å². The molecule has 70 valence electrons. The van der Waals surface area contributed by atoms with Gasteiger partial charge in [0.2, 0.25) is 0 Å². The molecule has 1 aliphatic rings. The van der Waals surface area contributed by atoms with Crippen LogP contribution in [0.2, 0.25) is 0 Å². The van der Waals surface area contributed by atoms with Gasteiger partial charge in [-0.15, -0.1) is 0 Å². The first-order valence-electron chi connectivity index (χ1n) is 3.46. The second-order valence-electron chi connectivity index (χ2n) is 2.70. The van der Waals surface area contributed by atoms with Gasteiger partial charge in [-0.05, 0) is 6.92 Å². The minimum atomic E-state index is -4.35. The fourth-order valence-electron chi connectivity index (χ4n) is 1.00. The number of halogens is 3. The van der Waals surface area contributed by atoms with E-state index in [0.29, 0.717) is 0 Å². The van der Waals surface area contributed by atoms with E-state index in [1.54, 1.807) is 6.92 Å². The van der Waals surface area contributed by atoms with Crippen LogP contribution >= 0.6 is 0 Å². The molecule has 6 heteroatoms. The van der Waals surface area contributed by atoms with Crippen LogP contribution in [-0.4, -0.2) is 24.3 Å². The third kappa shape index (κ3) is 2.02. The van der Waals surface area contributed by atoms with Gasteiger partial charge >= 0.3 is 6.18 Å². The van der Waals surface area contributed by atoms with Gasteiger partial charge < -0.3 is 10.5 Å². The topological polar surface area (TPSA) is 47.6 Å². The van der Waals surface area contributed by atoms with E-state index in [4.69, 9.17) is 5.73 Å². The highest BCUT2D eigenvalue weighted by molar-refractivity contribution is 5.72. The normalized spacial score (nSPS) is 30.8. The van der Waals surface area contributed by atoms with E-state index >= 15 is 0 Å². The Kier molecular flexibility index (Phi) is 2.16. The zero-order valence-electron chi connectivity index (χ0n) is 6.43. The zero-order chi connectivity index (χ0) is 9.35. The number of aliphatic imine (C=N–C) groups is 1. The maximum absolute atomic E-state index is 12.1. The molecule has 0 unspecified atom stereocenters. The molecule has 1 heterocycles. The Morgan fingerprint density at radius 3 is 2.58 bits per heavy atom. The second-order valence-corrected chi connectivity index (χ2v) is 2.70. The number of rotatable bonds is 0. The maximum atomic E-state index is 12.1. The number of hydrogen-bond donors (Lipinski definition) is 1. The number of hydrogen-bond acceptors (Lipinski definition) is 3. The molecule has 0 amide bonds. The van der Waals surface area contributed by atoms with Crippen LogP contribution in [0.1, 0.15) is 13.3 Å². The Bertz CT molecular complexity index is 201. The summed E-state index contributed by atoms with van der Waals surface area (Å²) >= 11 is 0. The molecule has 0 aliphatic carbocycles. The molecule has 1 rings (SSSR count). The summed E-state index contributed by atoms with van der Waals surface area (Å²) in [6.07, 6.45) is -6.32. The molecule has 0 spiro atoms. The van der Waals surface area contributed by atoms with Crippen molar-refractivity contribution in [3.8, 4) is 0 Å². The fourth-order valence-corrected chi connectivity index (χ4v) is 1.00. The monoisotopic (exact) mass is 182 g/mol. The van der Waals surface area contributed by atoms with Crippen LogP contribution in [0.25, 0.3) is 0 Å². The van der Waals surface area contributed by atoms with Gasteiger partial charge in [0.05, 0.1) is 6.04 Å². The molecule has 0 aromatic heterocycles. The van der Waals surface area contributed by atoms with Crippen molar-refractivity contribution in [2.45, 2.75) is 31.7 Å². The number of nitrogens with zero attached hydrogens (tertiary/aromatic N) is 1. The first kappa shape index (κ1) is 9.15. The average molecular weight is 182 g/mol. The predicted octanol–water partition coefficient (Wildman–Crippen LogP) is 1.04. The van der Waals surface area contributed by atoms with E-state index in [1.165, 1.54) is 0 Å². The highest BCUT2D eigenvalue weighted by Gasteiger charge is 2.44. The van der Waals surface area contributed by atoms with Crippen LogP contribution in [0.15, 0.2) is 4.99 Å². The smallest absolute Gasteiger partial charge is 0.425 e. The molecule has 1 aliphatic heterocycles. The lowest BCUT2D eigenvalue weighted by Crippen LogP contribution is -2.41.